The SMILES string of the molecule is CC(CNc1nnccc1C(F)(F)F)Nc1ccccc1. The lowest BCUT2D eigenvalue weighted by molar-refractivity contribution is -0.137. The molecule has 1 heterocycles. The molecule has 0 saturated carbocycles. The first-order valence-corrected chi connectivity index (χ1v) is 6.41. The highest BCUT2D eigenvalue weighted by molar-refractivity contribution is 5.46. The molecule has 0 fully saturated rings. The zero-order chi connectivity index (χ0) is 15.3. The second kappa shape index (κ2) is 6.43. The molecule has 0 saturated heterocycles. The van der Waals surface area contributed by atoms with Crippen LogP contribution < -0.4 is 10.6 Å². The van der Waals surface area contributed by atoms with Gasteiger partial charge in [-0.2, -0.15) is 18.3 Å². The van der Waals surface area contributed by atoms with Crippen molar-refractivity contribution in [2.45, 2.75) is 19.1 Å². The fourth-order valence-electron chi connectivity index (χ4n) is 1.81. The Labute approximate surface area is 120 Å². The minimum absolute atomic E-state index is 0.0736. The highest BCUT2D eigenvalue weighted by Gasteiger charge is 2.34. The van der Waals surface area contributed by atoms with Gasteiger partial charge in [0.25, 0.3) is 0 Å². The first-order chi connectivity index (χ1) is 9.97. The summed E-state index contributed by atoms with van der Waals surface area (Å²) in [5, 5.41) is 12.9. The van der Waals surface area contributed by atoms with Crippen molar-refractivity contribution in [3.05, 3.63) is 48.2 Å². The standard InChI is InChI=1S/C14H15F3N4/c1-10(20-11-5-3-2-4-6-11)9-18-13-12(14(15,16)17)7-8-19-21-13/h2-8,10,20H,9H2,1H3,(H,18,21). The summed E-state index contributed by atoms with van der Waals surface area (Å²) in [5.74, 6) is -0.258. The number of hydrogen-bond acceptors (Lipinski definition) is 4. The lowest BCUT2D eigenvalue weighted by Crippen LogP contribution is -2.26. The minimum Gasteiger partial charge on any atom is -0.381 e. The van der Waals surface area contributed by atoms with Gasteiger partial charge in [0.05, 0.1) is 6.20 Å². The molecule has 0 bridgehead atoms. The van der Waals surface area contributed by atoms with Gasteiger partial charge >= 0.3 is 6.18 Å². The van der Waals surface area contributed by atoms with Gasteiger partial charge in [-0.3, -0.25) is 0 Å². The van der Waals surface area contributed by atoms with Gasteiger partial charge in [0.1, 0.15) is 5.56 Å². The van der Waals surface area contributed by atoms with Crippen LogP contribution in [0.25, 0.3) is 0 Å². The van der Waals surface area contributed by atoms with Crippen molar-refractivity contribution in [2.75, 3.05) is 17.2 Å². The molecular formula is C14H15F3N4. The Morgan fingerprint density at radius 1 is 1.14 bits per heavy atom. The van der Waals surface area contributed by atoms with Gasteiger partial charge in [0.2, 0.25) is 0 Å². The molecule has 4 nitrogen and oxygen atoms in total. The highest BCUT2D eigenvalue weighted by Crippen LogP contribution is 2.32. The number of hydrogen-bond donors (Lipinski definition) is 2. The Morgan fingerprint density at radius 2 is 1.86 bits per heavy atom. The van der Waals surface area contributed by atoms with E-state index in [2.05, 4.69) is 20.8 Å². The van der Waals surface area contributed by atoms with Crippen LogP contribution in [-0.4, -0.2) is 22.8 Å². The first kappa shape index (κ1) is 15.1. The van der Waals surface area contributed by atoms with E-state index in [0.717, 1.165) is 18.0 Å². The molecule has 1 atom stereocenters. The van der Waals surface area contributed by atoms with Crippen LogP contribution in [0.15, 0.2) is 42.6 Å². The number of nitrogens with one attached hydrogen (secondary N) is 2. The Hall–Kier alpha value is -2.31. The molecule has 0 spiro atoms. The van der Waals surface area contributed by atoms with E-state index < -0.39 is 11.7 Å². The fraction of sp³-hybridized carbons (Fsp3) is 0.286. The fourth-order valence-corrected chi connectivity index (χ4v) is 1.81. The third-order valence-electron chi connectivity index (χ3n) is 2.79. The minimum atomic E-state index is -4.45. The monoisotopic (exact) mass is 296 g/mol. The van der Waals surface area contributed by atoms with Gasteiger partial charge in [-0.15, -0.1) is 5.10 Å². The van der Waals surface area contributed by atoms with E-state index in [9.17, 15) is 13.2 Å². The van der Waals surface area contributed by atoms with Gasteiger partial charge < -0.3 is 10.6 Å². The molecule has 2 N–H and O–H groups in total. The molecule has 7 heteroatoms. The number of benzene rings is 1. The maximum absolute atomic E-state index is 12.8. The third kappa shape index (κ3) is 4.34. The summed E-state index contributed by atoms with van der Waals surface area (Å²) < 4.78 is 38.4. The Bertz CT molecular complexity index is 572. The van der Waals surface area contributed by atoms with Gasteiger partial charge in [0.15, 0.2) is 5.82 Å². The first-order valence-electron chi connectivity index (χ1n) is 6.41. The summed E-state index contributed by atoms with van der Waals surface area (Å²) in [6.45, 7) is 2.15. The van der Waals surface area contributed by atoms with E-state index >= 15 is 0 Å². The third-order valence-corrected chi connectivity index (χ3v) is 2.79. The van der Waals surface area contributed by atoms with Gasteiger partial charge in [-0.05, 0) is 25.1 Å². The number of anilines is 2. The smallest absolute Gasteiger partial charge is 0.381 e. The Morgan fingerprint density at radius 3 is 2.52 bits per heavy atom. The summed E-state index contributed by atoms with van der Waals surface area (Å²) in [7, 11) is 0. The summed E-state index contributed by atoms with van der Waals surface area (Å²) in [6.07, 6.45) is -3.42. The van der Waals surface area contributed by atoms with Gasteiger partial charge in [0, 0.05) is 18.3 Å². The number of para-hydroxylation sites is 1. The molecule has 0 aliphatic heterocycles. The summed E-state index contributed by atoms with van der Waals surface area (Å²) >= 11 is 0. The predicted molar refractivity (Wildman–Crippen MR) is 75.1 cm³/mol. The quantitative estimate of drug-likeness (QED) is 0.888. The van der Waals surface area contributed by atoms with Crippen LogP contribution in [0.1, 0.15) is 12.5 Å². The average Bonchev–Trinajstić information content (AvgIpc) is 2.45. The molecule has 0 radical (unpaired) electrons. The number of rotatable bonds is 5. The summed E-state index contributed by atoms with van der Waals surface area (Å²) in [4.78, 5) is 0. The topological polar surface area (TPSA) is 49.8 Å². The number of nitrogens with zero attached hydrogens (tertiary/aromatic N) is 2. The molecular weight excluding hydrogens is 281 g/mol. The van der Waals surface area contributed by atoms with Crippen LogP contribution in [0.3, 0.4) is 0 Å². The molecule has 21 heavy (non-hydrogen) atoms. The number of aromatic nitrogens is 2. The van der Waals surface area contributed by atoms with E-state index in [1.807, 2.05) is 37.3 Å². The van der Waals surface area contributed by atoms with Crippen molar-refractivity contribution in [3.8, 4) is 0 Å². The molecule has 0 aliphatic rings. The van der Waals surface area contributed by atoms with Crippen LogP contribution in [0.5, 0.6) is 0 Å². The maximum Gasteiger partial charge on any atom is 0.420 e. The lowest BCUT2D eigenvalue weighted by Gasteiger charge is -2.18. The van der Waals surface area contributed by atoms with Crippen molar-refractivity contribution < 1.29 is 13.2 Å². The van der Waals surface area contributed by atoms with E-state index in [0.29, 0.717) is 0 Å². The molecule has 1 aromatic heterocycles. The van der Waals surface area contributed by atoms with Crippen LogP contribution in [0.2, 0.25) is 0 Å². The Balaban J connectivity index is 1.97. The summed E-state index contributed by atoms with van der Waals surface area (Å²) in [6, 6.07) is 10.3. The predicted octanol–water partition coefficient (Wildman–Crippen LogP) is 3.41. The second-order valence-corrected chi connectivity index (χ2v) is 4.58. The molecule has 1 aromatic carbocycles. The van der Waals surface area contributed by atoms with Gasteiger partial charge in [-0.1, -0.05) is 18.2 Å². The normalized spacial score (nSPS) is 12.8. The second-order valence-electron chi connectivity index (χ2n) is 4.58. The lowest BCUT2D eigenvalue weighted by atomic mass is 10.2. The van der Waals surface area contributed by atoms with Crippen LogP contribution >= 0.6 is 0 Å². The van der Waals surface area contributed by atoms with Gasteiger partial charge in [-0.25, -0.2) is 0 Å². The largest absolute Gasteiger partial charge is 0.420 e. The molecule has 112 valence electrons. The molecule has 0 amide bonds. The zero-order valence-corrected chi connectivity index (χ0v) is 11.4. The van der Waals surface area contributed by atoms with E-state index in [1.54, 1.807) is 0 Å². The maximum atomic E-state index is 12.8. The van der Waals surface area contributed by atoms with E-state index in [4.69, 9.17) is 0 Å². The van der Waals surface area contributed by atoms with E-state index in [-0.39, 0.29) is 18.4 Å². The van der Waals surface area contributed by atoms with Crippen molar-refractivity contribution in [2.24, 2.45) is 0 Å². The van der Waals surface area contributed by atoms with Crippen molar-refractivity contribution in [1.29, 1.82) is 0 Å². The van der Waals surface area contributed by atoms with E-state index in [1.165, 1.54) is 0 Å². The van der Waals surface area contributed by atoms with Crippen molar-refractivity contribution in [3.63, 3.8) is 0 Å². The number of halogens is 3. The van der Waals surface area contributed by atoms with Crippen LogP contribution in [0.4, 0.5) is 24.7 Å². The average molecular weight is 296 g/mol. The highest BCUT2D eigenvalue weighted by atomic mass is 19.4. The molecule has 0 aliphatic carbocycles. The van der Waals surface area contributed by atoms with Crippen molar-refractivity contribution >= 4 is 11.5 Å². The number of alkyl halides is 3. The van der Waals surface area contributed by atoms with Crippen LogP contribution in [0, 0.1) is 0 Å². The Kier molecular flexibility index (Phi) is 4.62. The summed E-state index contributed by atoms with van der Waals surface area (Å²) in [5.41, 5.74) is 0.0893. The molecule has 1 unspecified atom stereocenters. The zero-order valence-electron chi connectivity index (χ0n) is 11.4. The molecule has 2 rings (SSSR count). The van der Waals surface area contributed by atoms with Crippen LogP contribution in [-0.2, 0) is 6.18 Å². The molecule has 2 aromatic rings. The van der Waals surface area contributed by atoms with Crippen molar-refractivity contribution in [1.82, 2.24) is 10.2 Å².